The summed E-state index contributed by atoms with van der Waals surface area (Å²) in [6.45, 7) is 3.23. The highest BCUT2D eigenvalue weighted by Crippen LogP contribution is 2.32. The number of piperidine rings is 1. The van der Waals surface area contributed by atoms with Gasteiger partial charge in [0.25, 0.3) is 0 Å². The summed E-state index contributed by atoms with van der Waals surface area (Å²) >= 11 is 0. The molecule has 0 aliphatic carbocycles. The summed E-state index contributed by atoms with van der Waals surface area (Å²) < 4.78 is 23.9. The van der Waals surface area contributed by atoms with Crippen LogP contribution in [-0.4, -0.2) is 55.0 Å². The van der Waals surface area contributed by atoms with Gasteiger partial charge in [-0.25, -0.2) is 4.39 Å². The number of nitrogens with one attached hydrogen (secondary N) is 1. The second-order valence-electron chi connectivity index (χ2n) is 8.38. The lowest BCUT2D eigenvalue weighted by Gasteiger charge is -2.33. The smallest absolute Gasteiger partial charge is 0.309 e. The molecular formula is C23H31FN2O5. The molecule has 2 amide bonds. The quantitative estimate of drug-likeness (QED) is 0.636. The minimum atomic E-state index is -0.529. The van der Waals surface area contributed by atoms with Gasteiger partial charge in [-0.1, -0.05) is 6.07 Å². The highest BCUT2D eigenvalue weighted by molar-refractivity contribution is 5.80. The lowest BCUT2D eigenvalue weighted by molar-refractivity contribution is -0.151. The molecule has 0 radical (unpaired) electrons. The molecule has 1 atom stereocenters. The fourth-order valence-corrected chi connectivity index (χ4v) is 4.52. The number of nitrogens with zero attached hydrogens (tertiary/aromatic N) is 1. The molecule has 0 spiro atoms. The zero-order chi connectivity index (χ0) is 22.4. The van der Waals surface area contributed by atoms with Gasteiger partial charge in [0.05, 0.1) is 19.6 Å². The Hall–Kier alpha value is -2.64. The fourth-order valence-electron chi connectivity index (χ4n) is 4.52. The highest BCUT2D eigenvalue weighted by Gasteiger charge is 2.38. The van der Waals surface area contributed by atoms with Crippen molar-refractivity contribution in [1.29, 1.82) is 0 Å². The van der Waals surface area contributed by atoms with Gasteiger partial charge in [-0.2, -0.15) is 0 Å². The van der Waals surface area contributed by atoms with Crippen LogP contribution in [0.3, 0.4) is 0 Å². The predicted octanol–water partition coefficient (Wildman–Crippen LogP) is 2.61. The van der Waals surface area contributed by atoms with Crippen LogP contribution in [0.15, 0.2) is 18.2 Å². The number of methoxy groups -OCH3 is 1. The maximum Gasteiger partial charge on any atom is 0.309 e. The predicted molar refractivity (Wildman–Crippen MR) is 112 cm³/mol. The normalized spacial score (nSPS) is 21.6. The molecule has 3 rings (SSSR count). The maximum atomic E-state index is 13.7. The molecule has 2 saturated heterocycles. The average Bonchev–Trinajstić information content (AvgIpc) is 3.14. The Kier molecular flexibility index (Phi) is 7.51. The van der Waals surface area contributed by atoms with Gasteiger partial charge in [0.15, 0.2) is 11.6 Å². The molecule has 0 saturated carbocycles. The van der Waals surface area contributed by atoms with Crippen molar-refractivity contribution >= 4 is 17.8 Å². The lowest BCUT2D eigenvalue weighted by Crippen LogP contribution is -2.46. The van der Waals surface area contributed by atoms with E-state index in [1.165, 1.54) is 13.2 Å². The van der Waals surface area contributed by atoms with Crippen molar-refractivity contribution in [2.75, 3.05) is 26.8 Å². The van der Waals surface area contributed by atoms with E-state index in [1.807, 2.05) is 0 Å². The van der Waals surface area contributed by atoms with E-state index < -0.39 is 11.4 Å². The van der Waals surface area contributed by atoms with Crippen LogP contribution in [0.1, 0.15) is 51.0 Å². The number of hydrogen-bond donors (Lipinski definition) is 1. The Bertz CT molecular complexity index is 822. The van der Waals surface area contributed by atoms with Gasteiger partial charge in [-0.15, -0.1) is 0 Å². The van der Waals surface area contributed by atoms with Crippen molar-refractivity contribution in [3.8, 4) is 5.75 Å². The van der Waals surface area contributed by atoms with Crippen LogP contribution in [0.4, 0.5) is 4.39 Å². The summed E-state index contributed by atoms with van der Waals surface area (Å²) in [6, 6.07) is 4.69. The number of benzene rings is 1. The second kappa shape index (κ2) is 10.1. The number of ether oxygens (including phenoxy) is 2. The molecule has 170 valence electrons. The Morgan fingerprint density at radius 1 is 1.29 bits per heavy atom. The standard InChI is InChI=1S/C23H31FN2O5/c1-3-31-22(29)17-8-12-26(13-9-17)21(28)7-11-23(10-6-20(27)25-23)15-16-4-5-18(24)19(14-16)30-2/h4-5,14,17H,3,6-13,15H2,1-2H3,(H,25,27)/t23-/m1/s1. The zero-order valence-electron chi connectivity index (χ0n) is 18.2. The number of carbonyl (C=O) groups is 3. The summed E-state index contributed by atoms with van der Waals surface area (Å²) in [5, 5.41) is 3.06. The van der Waals surface area contributed by atoms with Crippen molar-refractivity contribution in [2.24, 2.45) is 5.92 Å². The topological polar surface area (TPSA) is 84.9 Å². The van der Waals surface area contributed by atoms with Crippen molar-refractivity contribution < 1.29 is 28.2 Å². The van der Waals surface area contributed by atoms with Crippen molar-refractivity contribution in [3.63, 3.8) is 0 Å². The van der Waals surface area contributed by atoms with E-state index >= 15 is 0 Å². The molecule has 0 unspecified atom stereocenters. The third-order valence-electron chi connectivity index (χ3n) is 6.28. The summed E-state index contributed by atoms with van der Waals surface area (Å²) in [4.78, 5) is 38.5. The molecule has 2 heterocycles. The van der Waals surface area contributed by atoms with Gasteiger partial charge in [0.2, 0.25) is 11.8 Å². The number of esters is 1. The first kappa shape index (κ1) is 23.0. The Morgan fingerprint density at radius 3 is 2.65 bits per heavy atom. The number of hydrogen-bond acceptors (Lipinski definition) is 5. The first-order valence-corrected chi connectivity index (χ1v) is 10.9. The maximum absolute atomic E-state index is 13.7. The van der Waals surface area contributed by atoms with Crippen LogP contribution in [0.2, 0.25) is 0 Å². The van der Waals surface area contributed by atoms with E-state index in [2.05, 4.69) is 5.32 Å². The number of rotatable bonds is 8. The van der Waals surface area contributed by atoms with E-state index in [1.54, 1.807) is 24.0 Å². The average molecular weight is 435 g/mol. The molecule has 7 nitrogen and oxygen atoms in total. The van der Waals surface area contributed by atoms with Gasteiger partial charge in [0.1, 0.15) is 0 Å². The van der Waals surface area contributed by atoms with Gasteiger partial charge in [-0.3, -0.25) is 14.4 Å². The van der Waals surface area contributed by atoms with Crippen LogP contribution in [0.25, 0.3) is 0 Å². The molecule has 2 aliphatic rings. The Morgan fingerprint density at radius 2 is 2.03 bits per heavy atom. The highest BCUT2D eigenvalue weighted by atomic mass is 19.1. The molecule has 1 aromatic carbocycles. The summed E-state index contributed by atoms with van der Waals surface area (Å²) in [7, 11) is 1.42. The van der Waals surface area contributed by atoms with Crippen LogP contribution in [-0.2, 0) is 25.5 Å². The minimum absolute atomic E-state index is 0.0273. The third kappa shape index (κ3) is 5.74. The SMILES string of the molecule is CCOC(=O)C1CCN(C(=O)CC[C@@]2(Cc3ccc(F)c(OC)c3)CCC(=O)N2)CC1. The molecule has 2 aliphatic heterocycles. The first-order valence-electron chi connectivity index (χ1n) is 10.9. The number of likely N-dealkylation sites (tertiary alicyclic amines) is 1. The van der Waals surface area contributed by atoms with Crippen LogP contribution >= 0.6 is 0 Å². The molecule has 0 bridgehead atoms. The van der Waals surface area contributed by atoms with E-state index in [9.17, 15) is 18.8 Å². The molecular weight excluding hydrogens is 403 g/mol. The van der Waals surface area contributed by atoms with E-state index in [0.29, 0.717) is 64.6 Å². The zero-order valence-corrected chi connectivity index (χ0v) is 18.2. The summed E-state index contributed by atoms with van der Waals surface area (Å²) in [6.07, 6.45) is 3.59. The Balaban J connectivity index is 1.59. The van der Waals surface area contributed by atoms with E-state index in [-0.39, 0.29) is 29.5 Å². The number of carbonyl (C=O) groups excluding carboxylic acids is 3. The van der Waals surface area contributed by atoms with Crippen molar-refractivity contribution in [3.05, 3.63) is 29.6 Å². The molecule has 8 heteroatoms. The molecule has 0 aromatic heterocycles. The van der Waals surface area contributed by atoms with Crippen LogP contribution in [0.5, 0.6) is 5.75 Å². The van der Waals surface area contributed by atoms with Crippen LogP contribution < -0.4 is 10.1 Å². The van der Waals surface area contributed by atoms with Crippen molar-refractivity contribution in [2.45, 2.75) is 57.4 Å². The van der Waals surface area contributed by atoms with Crippen LogP contribution in [0, 0.1) is 11.7 Å². The van der Waals surface area contributed by atoms with E-state index in [4.69, 9.17) is 9.47 Å². The van der Waals surface area contributed by atoms with Gasteiger partial charge in [-0.05, 0) is 56.7 Å². The first-order chi connectivity index (χ1) is 14.9. The molecule has 31 heavy (non-hydrogen) atoms. The molecule has 1 aromatic rings. The lowest BCUT2D eigenvalue weighted by atomic mass is 9.84. The van der Waals surface area contributed by atoms with E-state index in [0.717, 1.165) is 5.56 Å². The Labute approximate surface area is 182 Å². The second-order valence-corrected chi connectivity index (χ2v) is 8.38. The summed E-state index contributed by atoms with van der Waals surface area (Å²) in [5.74, 6) is -0.596. The monoisotopic (exact) mass is 434 g/mol. The largest absolute Gasteiger partial charge is 0.494 e. The molecule has 1 N–H and O–H groups in total. The molecule has 2 fully saturated rings. The minimum Gasteiger partial charge on any atom is -0.494 e. The third-order valence-corrected chi connectivity index (χ3v) is 6.28. The summed E-state index contributed by atoms with van der Waals surface area (Å²) in [5.41, 5.74) is 0.321. The van der Waals surface area contributed by atoms with Gasteiger partial charge >= 0.3 is 5.97 Å². The fraction of sp³-hybridized carbons (Fsp3) is 0.609. The number of halogens is 1. The van der Waals surface area contributed by atoms with Gasteiger partial charge < -0.3 is 19.7 Å². The van der Waals surface area contributed by atoms with Gasteiger partial charge in [0, 0.05) is 31.5 Å². The number of amides is 2. The van der Waals surface area contributed by atoms with Crippen molar-refractivity contribution in [1.82, 2.24) is 10.2 Å².